The van der Waals surface area contributed by atoms with Gasteiger partial charge in [0.25, 0.3) is 5.91 Å². The normalized spacial score (nSPS) is 10.8. The summed E-state index contributed by atoms with van der Waals surface area (Å²) in [6.07, 6.45) is 1.56. The standard InChI is InChI=1S/C26H23F2N3O2/c1-17-9-10-24(18(2)11-17)29-25(32)23-15-31(14-19-5-3-7-21(27)12-19)30-26(23)33-16-20-6-4-8-22(28)13-20/h3-13,15H,14,16H2,1-2H3,(H,29,32). The van der Waals surface area contributed by atoms with E-state index in [0.29, 0.717) is 16.8 Å². The Hall–Kier alpha value is -4.00. The molecule has 33 heavy (non-hydrogen) atoms. The Morgan fingerprint density at radius 3 is 2.36 bits per heavy atom. The second-order valence-electron chi connectivity index (χ2n) is 7.87. The Labute approximate surface area is 190 Å². The lowest BCUT2D eigenvalue weighted by Gasteiger charge is -2.09. The molecular weight excluding hydrogens is 424 g/mol. The summed E-state index contributed by atoms with van der Waals surface area (Å²) in [5, 5.41) is 7.28. The molecule has 7 heteroatoms. The third-order valence-electron chi connectivity index (χ3n) is 5.10. The lowest BCUT2D eigenvalue weighted by atomic mass is 10.1. The zero-order chi connectivity index (χ0) is 23.4. The number of benzene rings is 3. The minimum atomic E-state index is -0.387. The number of carbonyl (C=O) groups excluding carboxylic acids is 1. The molecular formula is C26H23F2N3O2. The number of rotatable bonds is 7. The van der Waals surface area contributed by atoms with E-state index in [1.54, 1.807) is 30.5 Å². The molecule has 0 aliphatic rings. The highest BCUT2D eigenvalue weighted by Gasteiger charge is 2.19. The van der Waals surface area contributed by atoms with Gasteiger partial charge in [-0.25, -0.2) is 8.78 Å². The fraction of sp³-hybridized carbons (Fsp3) is 0.154. The van der Waals surface area contributed by atoms with Crippen molar-refractivity contribution in [2.24, 2.45) is 0 Å². The number of nitrogens with zero attached hydrogens (tertiary/aromatic N) is 2. The predicted octanol–water partition coefficient (Wildman–Crippen LogP) is 5.66. The third-order valence-corrected chi connectivity index (χ3v) is 5.10. The smallest absolute Gasteiger partial charge is 0.262 e. The van der Waals surface area contributed by atoms with Crippen LogP contribution in [0.3, 0.4) is 0 Å². The predicted molar refractivity (Wildman–Crippen MR) is 122 cm³/mol. The molecule has 0 aliphatic carbocycles. The van der Waals surface area contributed by atoms with Crippen LogP contribution in [0.15, 0.2) is 72.9 Å². The molecule has 1 amide bonds. The molecule has 0 unspecified atom stereocenters. The fourth-order valence-corrected chi connectivity index (χ4v) is 3.49. The van der Waals surface area contributed by atoms with Crippen LogP contribution in [0.2, 0.25) is 0 Å². The highest BCUT2D eigenvalue weighted by Crippen LogP contribution is 2.23. The molecule has 4 rings (SSSR count). The molecule has 3 aromatic carbocycles. The minimum absolute atomic E-state index is 0.0403. The van der Waals surface area contributed by atoms with Crippen molar-refractivity contribution in [3.8, 4) is 5.88 Å². The first-order valence-corrected chi connectivity index (χ1v) is 10.4. The van der Waals surface area contributed by atoms with Crippen LogP contribution in [0.1, 0.15) is 32.6 Å². The van der Waals surface area contributed by atoms with Gasteiger partial charge in [0.05, 0.1) is 6.54 Å². The van der Waals surface area contributed by atoms with Gasteiger partial charge < -0.3 is 10.1 Å². The van der Waals surface area contributed by atoms with E-state index < -0.39 is 0 Å². The molecule has 1 N–H and O–H groups in total. The average molecular weight is 447 g/mol. The summed E-state index contributed by atoms with van der Waals surface area (Å²) in [5.41, 5.74) is 4.22. The second-order valence-corrected chi connectivity index (χ2v) is 7.87. The number of halogens is 2. The molecule has 0 spiro atoms. The number of anilines is 1. The van der Waals surface area contributed by atoms with Crippen LogP contribution in [-0.4, -0.2) is 15.7 Å². The molecule has 0 fully saturated rings. The SMILES string of the molecule is Cc1ccc(NC(=O)c2cn(Cc3cccc(F)c3)nc2OCc2cccc(F)c2)c(C)c1. The lowest BCUT2D eigenvalue weighted by molar-refractivity contribution is 0.102. The largest absolute Gasteiger partial charge is 0.471 e. The van der Waals surface area contributed by atoms with E-state index in [1.165, 1.54) is 28.9 Å². The zero-order valence-corrected chi connectivity index (χ0v) is 18.3. The van der Waals surface area contributed by atoms with Crippen LogP contribution in [0.4, 0.5) is 14.5 Å². The van der Waals surface area contributed by atoms with Crippen molar-refractivity contribution in [2.75, 3.05) is 5.32 Å². The van der Waals surface area contributed by atoms with Crippen LogP contribution in [-0.2, 0) is 13.2 Å². The van der Waals surface area contributed by atoms with Crippen molar-refractivity contribution < 1.29 is 18.3 Å². The molecule has 1 aromatic heterocycles. The van der Waals surface area contributed by atoms with Crippen LogP contribution < -0.4 is 10.1 Å². The third kappa shape index (κ3) is 5.63. The first kappa shape index (κ1) is 22.2. The Kier molecular flexibility index (Phi) is 6.49. The number of carbonyl (C=O) groups is 1. The maximum atomic E-state index is 13.6. The maximum absolute atomic E-state index is 13.6. The van der Waals surface area contributed by atoms with E-state index >= 15 is 0 Å². The van der Waals surface area contributed by atoms with E-state index in [4.69, 9.17) is 4.74 Å². The Balaban J connectivity index is 1.60. The van der Waals surface area contributed by atoms with Gasteiger partial charge in [-0.2, -0.15) is 0 Å². The number of aryl methyl sites for hydroxylation is 2. The second kappa shape index (κ2) is 9.65. The van der Waals surface area contributed by atoms with Gasteiger partial charge in [-0.3, -0.25) is 9.48 Å². The molecule has 1 heterocycles. The van der Waals surface area contributed by atoms with Gasteiger partial charge in [-0.05, 0) is 60.9 Å². The van der Waals surface area contributed by atoms with E-state index in [0.717, 1.165) is 11.1 Å². The topological polar surface area (TPSA) is 56.2 Å². The summed E-state index contributed by atoms with van der Waals surface area (Å²) in [6, 6.07) is 17.9. The number of nitrogens with one attached hydrogen (secondary N) is 1. The van der Waals surface area contributed by atoms with E-state index in [1.807, 2.05) is 32.0 Å². The molecule has 0 radical (unpaired) electrons. The quantitative estimate of drug-likeness (QED) is 0.398. The monoisotopic (exact) mass is 447 g/mol. The highest BCUT2D eigenvalue weighted by atomic mass is 19.1. The lowest BCUT2D eigenvalue weighted by Crippen LogP contribution is -2.13. The van der Waals surface area contributed by atoms with Gasteiger partial charge in [-0.15, -0.1) is 5.10 Å². The molecule has 0 saturated carbocycles. The Morgan fingerprint density at radius 2 is 1.67 bits per heavy atom. The van der Waals surface area contributed by atoms with Crippen molar-refractivity contribution in [3.05, 3.63) is 112 Å². The highest BCUT2D eigenvalue weighted by molar-refractivity contribution is 6.06. The molecule has 0 atom stereocenters. The first-order chi connectivity index (χ1) is 15.9. The zero-order valence-electron chi connectivity index (χ0n) is 18.3. The maximum Gasteiger partial charge on any atom is 0.262 e. The van der Waals surface area contributed by atoms with Crippen molar-refractivity contribution in [2.45, 2.75) is 27.0 Å². The Bertz CT molecular complexity index is 1300. The van der Waals surface area contributed by atoms with Gasteiger partial charge in [0.2, 0.25) is 5.88 Å². The van der Waals surface area contributed by atoms with Gasteiger partial charge in [0.15, 0.2) is 0 Å². The molecule has 4 aromatic rings. The number of hydrogen-bond donors (Lipinski definition) is 1. The van der Waals surface area contributed by atoms with E-state index in [9.17, 15) is 13.6 Å². The molecule has 0 bridgehead atoms. The summed E-state index contributed by atoms with van der Waals surface area (Å²) in [4.78, 5) is 13.1. The van der Waals surface area contributed by atoms with E-state index in [2.05, 4.69) is 10.4 Å². The summed E-state index contributed by atoms with van der Waals surface area (Å²) in [7, 11) is 0. The number of ether oxygens (including phenoxy) is 1. The van der Waals surface area contributed by atoms with Gasteiger partial charge in [0.1, 0.15) is 23.8 Å². The molecule has 5 nitrogen and oxygen atoms in total. The van der Waals surface area contributed by atoms with Crippen molar-refractivity contribution >= 4 is 11.6 Å². The van der Waals surface area contributed by atoms with Crippen LogP contribution in [0.25, 0.3) is 0 Å². The van der Waals surface area contributed by atoms with Gasteiger partial charge >= 0.3 is 0 Å². The molecule has 0 aliphatic heterocycles. The van der Waals surface area contributed by atoms with Crippen LogP contribution in [0.5, 0.6) is 5.88 Å². The number of amides is 1. The van der Waals surface area contributed by atoms with E-state index in [-0.39, 0.29) is 42.1 Å². The first-order valence-electron chi connectivity index (χ1n) is 10.4. The number of hydrogen-bond acceptors (Lipinski definition) is 3. The van der Waals surface area contributed by atoms with Gasteiger partial charge in [-0.1, -0.05) is 42.0 Å². The summed E-state index contributed by atoms with van der Waals surface area (Å²) < 4.78 is 34.4. The molecule has 168 valence electrons. The fourth-order valence-electron chi connectivity index (χ4n) is 3.49. The van der Waals surface area contributed by atoms with Crippen LogP contribution in [0, 0.1) is 25.5 Å². The summed E-state index contributed by atoms with van der Waals surface area (Å²) in [6.45, 7) is 4.19. The van der Waals surface area contributed by atoms with Crippen molar-refractivity contribution in [3.63, 3.8) is 0 Å². The van der Waals surface area contributed by atoms with Crippen LogP contribution >= 0.6 is 0 Å². The van der Waals surface area contributed by atoms with Crippen molar-refractivity contribution in [1.82, 2.24) is 9.78 Å². The molecule has 0 saturated heterocycles. The van der Waals surface area contributed by atoms with Crippen molar-refractivity contribution in [1.29, 1.82) is 0 Å². The average Bonchev–Trinajstić information content (AvgIpc) is 3.17. The van der Waals surface area contributed by atoms with Gasteiger partial charge in [0, 0.05) is 11.9 Å². The Morgan fingerprint density at radius 1 is 0.970 bits per heavy atom. The minimum Gasteiger partial charge on any atom is -0.471 e. The summed E-state index contributed by atoms with van der Waals surface area (Å²) in [5.74, 6) is -1.00. The number of aromatic nitrogens is 2. The summed E-state index contributed by atoms with van der Waals surface area (Å²) >= 11 is 0.